The van der Waals surface area contributed by atoms with Crippen molar-refractivity contribution in [1.82, 2.24) is 10.2 Å². The van der Waals surface area contributed by atoms with E-state index in [1.807, 2.05) is 68.4 Å². The van der Waals surface area contributed by atoms with Crippen LogP contribution in [0.3, 0.4) is 0 Å². The molecule has 4 aromatic rings. The normalized spacial score (nSPS) is 14.1. The lowest BCUT2D eigenvalue weighted by atomic mass is 10.0. The third-order valence-electron chi connectivity index (χ3n) is 8.41. The molecule has 1 atom stereocenters. The van der Waals surface area contributed by atoms with Crippen molar-refractivity contribution >= 4 is 27.5 Å². The Bertz CT molecular complexity index is 1740. The Morgan fingerprint density at radius 2 is 1.48 bits per heavy atom. The number of carbonyl (C=O) groups is 2. The van der Waals surface area contributed by atoms with Crippen molar-refractivity contribution in [3.63, 3.8) is 0 Å². The maximum atomic E-state index is 14.6. The number of rotatable bonds is 12. The molecular formula is C37H40FN3O4S. The molecule has 240 valence electrons. The van der Waals surface area contributed by atoms with Gasteiger partial charge in [0.15, 0.2) is 0 Å². The molecular weight excluding hydrogens is 601 g/mol. The average molecular weight is 642 g/mol. The number of sulfonamides is 1. The highest BCUT2D eigenvalue weighted by molar-refractivity contribution is 7.92. The molecule has 0 aromatic heterocycles. The topological polar surface area (TPSA) is 86.8 Å². The van der Waals surface area contributed by atoms with Crippen LogP contribution in [0.25, 0.3) is 0 Å². The average Bonchev–Trinajstić information content (AvgIpc) is 3.55. The summed E-state index contributed by atoms with van der Waals surface area (Å²) < 4.78 is 43.2. The van der Waals surface area contributed by atoms with E-state index in [9.17, 15) is 22.4 Å². The van der Waals surface area contributed by atoms with Crippen LogP contribution < -0.4 is 9.62 Å². The maximum Gasteiger partial charge on any atom is 0.264 e. The Morgan fingerprint density at radius 3 is 2.13 bits per heavy atom. The fourth-order valence-electron chi connectivity index (χ4n) is 5.90. The van der Waals surface area contributed by atoms with Crippen molar-refractivity contribution < 1.29 is 22.4 Å². The molecule has 7 nitrogen and oxygen atoms in total. The molecule has 46 heavy (non-hydrogen) atoms. The summed E-state index contributed by atoms with van der Waals surface area (Å²) in [5.41, 5.74) is 3.70. The van der Waals surface area contributed by atoms with E-state index in [1.165, 1.54) is 29.2 Å². The van der Waals surface area contributed by atoms with Crippen LogP contribution in [0.2, 0.25) is 0 Å². The first kappa shape index (κ1) is 32.9. The van der Waals surface area contributed by atoms with E-state index in [4.69, 9.17) is 0 Å². The summed E-state index contributed by atoms with van der Waals surface area (Å²) in [6.45, 7) is 3.31. The first-order valence-electron chi connectivity index (χ1n) is 15.6. The Balaban J connectivity index is 1.56. The van der Waals surface area contributed by atoms with Crippen LogP contribution in [0.5, 0.6) is 0 Å². The Hall–Kier alpha value is -4.50. The smallest absolute Gasteiger partial charge is 0.264 e. The number of aryl methyl sites for hydroxylation is 2. The van der Waals surface area contributed by atoms with Crippen LogP contribution in [0.1, 0.15) is 47.9 Å². The summed E-state index contributed by atoms with van der Waals surface area (Å²) in [6, 6.07) is 27.7. The Morgan fingerprint density at radius 1 is 0.826 bits per heavy atom. The third-order valence-corrected chi connectivity index (χ3v) is 10.2. The van der Waals surface area contributed by atoms with E-state index in [0.717, 1.165) is 64.4 Å². The van der Waals surface area contributed by atoms with Crippen LogP contribution >= 0.6 is 0 Å². The first-order valence-corrected chi connectivity index (χ1v) is 17.1. The van der Waals surface area contributed by atoms with Crippen molar-refractivity contribution in [2.24, 2.45) is 0 Å². The second-order valence-corrected chi connectivity index (χ2v) is 13.9. The number of benzene rings is 4. The molecule has 1 aliphatic rings. The van der Waals surface area contributed by atoms with Crippen LogP contribution in [0.4, 0.5) is 10.1 Å². The third kappa shape index (κ3) is 8.20. The summed E-state index contributed by atoms with van der Waals surface area (Å²) in [5.74, 6) is -1.36. The van der Waals surface area contributed by atoms with Gasteiger partial charge in [0, 0.05) is 19.0 Å². The molecule has 5 rings (SSSR count). The number of nitrogens with one attached hydrogen (secondary N) is 1. The highest BCUT2D eigenvalue weighted by Crippen LogP contribution is 2.26. The number of carbonyl (C=O) groups excluding carboxylic acids is 2. The predicted octanol–water partition coefficient (Wildman–Crippen LogP) is 6.34. The van der Waals surface area contributed by atoms with Gasteiger partial charge in [0.05, 0.1) is 10.6 Å². The van der Waals surface area contributed by atoms with Crippen molar-refractivity contribution in [3.8, 4) is 0 Å². The number of amides is 2. The van der Waals surface area contributed by atoms with Gasteiger partial charge >= 0.3 is 0 Å². The fourth-order valence-corrected chi connectivity index (χ4v) is 7.32. The highest BCUT2D eigenvalue weighted by Gasteiger charge is 2.35. The molecule has 0 spiro atoms. The van der Waals surface area contributed by atoms with Crippen molar-refractivity contribution in [2.45, 2.75) is 69.5 Å². The van der Waals surface area contributed by atoms with Gasteiger partial charge in [-0.05, 0) is 74.2 Å². The molecule has 0 aliphatic heterocycles. The molecule has 0 bridgehead atoms. The minimum absolute atomic E-state index is 0.000251. The Labute approximate surface area is 271 Å². The molecule has 1 saturated carbocycles. The molecule has 0 saturated heterocycles. The SMILES string of the molecule is Cc1ccc(S(=O)(=O)N(CC(=O)N(Cc2cccc(C)c2)C(Cc2ccccc2)C(=O)NC2CCCC2)c2ccc(F)cc2)cc1. The number of anilines is 1. The number of nitrogens with zero attached hydrogens (tertiary/aromatic N) is 2. The van der Waals surface area contributed by atoms with E-state index in [1.54, 1.807) is 12.1 Å². The molecule has 1 fully saturated rings. The highest BCUT2D eigenvalue weighted by atomic mass is 32.2. The van der Waals surface area contributed by atoms with Crippen molar-refractivity contribution in [1.29, 1.82) is 0 Å². The van der Waals surface area contributed by atoms with Gasteiger partial charge < -0.3 is 10.2 Å². The van der Waals surface area contributed by atoms with Gasteiger partial charge in [-0.1, -0.05) is 90.7 Å². The van der Waals surface area contributed by atoms with Crippen LogP contribution in [0.15, 0.2) is 108 Å². The summed E-state index contributed by atoms with van der Waals surface area (Å²) in [4.78, 5) is 30.1. The minimum atomic E-state index is -4.25. The van der Waals surface area contributed by atoms with Crippen LogP contribution in [-0.4, -0.2) is 43.8 Å². The van der Waals surface area contributed by atoms with Gasteiger partial charge in [0.2, 0.25) is 11.8 Å². The van der Waals surface area contributed by atoms with Crippen LogP contribution in [0, 0.1) is 19.7 Å². The molecule has 1 aliphatic carbocycles. The molecule has 1 N–H and O–H groups in total. The number of hydrogen-bond donors (Lipinski definition) is 1. The number of halogens is 1. The van der Waals surface area contributed by atoms with Crippen molar-refractivity contribution in [3.05, 3.63) is 131 Å². The lowest BCUT2D eigenvalue weighted by Crippen LogP contribution is -2.54. The van der Waals surface area contributed by atoms with E-state index >= 15 is 0 Å². The largest absolute Gasteiger partial charge is 0.352 e. The van der Waals surface area contributed by atoms with Gasteiger partial charge in [-0.15, -0.1) is 0 Å². The molecule has 1 unspecified atom stereocenters. The second-order valence-electron chi connectivity index (χ2n) is 12.0. The predicted molar refractivity (Wildman–Crippen MR) is 178 cm³/mol. The van der Waals surface area contributed by atoms with Gasteiger partial charge in [-0.3, -0.25) is 13.9 Å². The molecule has 9 heteroatoms. The van der Waals surface area contributed by atoms with E-state index in [0.29, 0.717) is 0 Å². The zero-order valence-electron chi connectivity index (χ0n) is 26.2. The molecule has 4 aromatic carbocycles. The monoisotopic (exact) mass is 641 g/mol. The van der Waals surface area contributed by atoms with Gasteiger partial charge in [-0.2, -0.15) is 0 Å². The molecule has 0 radical (unpaired) electrons. The minimum Gasteiger partial charge on any atom is -0.352 e. The van der Waals surface area contributed by atoms with E-state index in [2.05, 4.69) is 5.32 Å². The summed E-state index contributed by atoms with van der Waals surface area (Å²) >= 11 is 0. The first-order chi connectivity index (χ1) is 22.1. The van der Waals surface area contributed by atoms with E-state index in [-0.39, 0.29) is 35.5 Å². The molecule has 2 amide bonds. The van der Waals surface area contributed by atoms with Crippen molar-refractivity contribution in [2.75, 3.05) is 10.8 Å². The lowest BCUT2D eigenvalue weighted by molar-refractivity contribution is -0.140. The fraction of sp³-hybridized carbons (Fsp3) is 0.297. The zero-order chi connectivity index (χ0) is 32.7. The standard InChI is InChI=1S/C37H40FN3O4S/c1-27-15-21-34(22-16-27)46(44,45)41(33-19-17-31(38)18-20-33)26-36(42)40(25-30-12-8-9-28(2)23-30)35(24-29-10-4-3-5-11-29)37(43)39-32-13-6-7-14-32/h3-5,8-12,15-23,32,35H,6-7,13-14,24-26H2,1-2H3,(H,39,43). The van der Waals surface area contributed by atoms with Gasteiger partial charge in [-0.25, -0.2) is 12.8 Å². The summed E-state index contributed by atoms with van der Waals surface area (Å²) in [7, 11) is -4.25. The van der Waals surface area contributed by atoms with Crippen LogP contribution in [-0.2, 0) is 32.6 Å². The van der Waals surface area contributed by atoms with E-state index < -0.39 is 34.3 Å². The van der Waals surface area contributed by atoms with Gasteiger partial charge in [0.25, 0.3) is 10.0 Å². The summed E-state index contributed by atoms with van der Waals surface area (Å²) in [6.07, 6.45) is 4.07. The zero-order valence-corrected chi connectivity index (χ0v) is 27.0. The maximum absolute atomic E-state index is 14.6. The lowest BCUT2D eigenvalue weighted by Gasteiger charge is -2.34. The summed E-state index contributed by atoms with van der Waals surface area (Å²) in [5, 5.41) is 3.18. The van der Waals surface area contributed by atoms with Gasteiger partial charge in [0.1, 0.15) is 18.4 Å². The number of hydrogen-bond acceptors (Lipinski definition) is 4. The quantitative estimate of drug-likeness (QED) is 0.196. The second kappa shape index (κ2) is 14.7. The Kier molecular flexibility index (Phi) is 10.5. The molecule has 0 heterocycles.